The van der Waals surface area contributed by atoms with Gasteiger partial charge in [0.15, 0.2) is 0 Å². The van der Waals surface area contributed by atoms with Gasteiger partial charge in [0, 0.05) is 22.8 Å². The van der Waals surface area contributed by atoms with Gasteiger partial charge in [-0.15, -0.1) is 23.0 Å². The average molecular weight is 580 g/mol. The van der Waals surface area contributed by atoms with Crippen molar-refractivity contribution >= 4 is 22.8 Å². The molecule has 0 aliphatic carbocycles. The molecule has 0 aromatic heterocycles. The molecule has 0 radical (unpaired) electrons. The first-order valence-corrected chi connectivity index (χ1v) is 10.3. The fourth-order valence-electron chi connectivity index (χ4n) is 2.26. The van der Waals surface area contributed by atoms with Crippen molar-refractivity contribution in [1.29, 1.82) is 0 Å². The molecule has 2 N–H and O–H groups in total. The van der Waals surface area contributed by atoms with Crippen molar-refractivity contribution in [2.75, 3.05) is 26.2 Å². The van der Waals surface area contributed by atoms with E-state index in [1.54, 1.807) is 27.7 Å². The van der Waals surface area contributed by atoms with Crippen LogP contribution in [-0.2, 0) is 33.0 Å². The van der Waals surface area contributed by atoms with Crippen LogP contribution in [0.1, 0.15) is 55.4 Å². The molecule has 11 heteroatoms. The summed E-state index contributed by atoms with van der Waals surface area (Å²) in [7, 11) is 0. The molecule has 9 nitrogen and oxygen atoms in total. The fraction of sp³-hybridized carbons (Fsp3) is 0.500. The molecule has 0 saturated heterocycles. The van der Waals surface area contributed by atoms with Crippen LogP contribution in [0, 0.1) is 0 Å². The van der Waals surface area contributed by atoms with Crippen molar-refractivity contribution in [2.45, 2.75) is 55.4 Å². The second-order valence-electron chi connectivity index (χ2n) is 7.11. The van der Waals surface area contributed by atoms with E-state index < -0.39 is 0 Å². The zero-order valence-electron chi connectivity index (χ0n) is 21.7. The standard InChI is InChI=1S/2C12H20N2O2.2Ni.H2O/c2*1-9(7-11(3)15)13-5-6-14-10(2)8-12(4)16;;;/h2*7-8,15-16H,5-6H2,1-4H3;;;1H2/q;;2*+2;/p-4/b2*11-7-,12-8-,13-9?,14-10?;;;. The van der Waals surface area contributed by atoms with Crippen LogP contribution < -0.4 is 20.4 Å². The number of allylic oxidation sites excluding steroid dienone is 8. The van der Waals surface area contributed by atoms with Gasteiger partial charge in [-0.25, -0.2) is 0 Å². The van der Waals surface area contributed by atoms with Crippen molar-refractivity contribution < 1.29 is 58.9 Å². The van der Waals surface area contributed by atoms with Crippen LogP contribution in [-0.4, -0.2) is 54.5 Å². The van der Waals surface area contributed by atoms with Crippen LogP contribution in [0.5, 0.6) is 0 Å². The SMILES string of the molecule is CC(/C=C(/C)[O-])=NCCN=C(C)/C=C(/C)[O-].CC(/C=C(/C)[O-])=NCCN=C(C)/C=C(/C)[O-].O.[Ni+2].[Ni+2]. The van der Waals surface area contributed by atoms with Crippen molar-refractivity contribution in [3.05, 3.63) is 47.3 Å². The first kappa shape index (κ1) is 42.9. The molecule has 0 aliphatic heterocycles. The van der Waals surface area contributed by atoms with Gasteiger partial charge >= 0.3 is 33.0 Å². The third-order valence-corrected chi connectivity index (χ3v) is 3.29. The van der Waals surface area contributed by atoms with Gasteiger partial charge in [-0.3, -0.25) is 20.0 Å². The number of aliphatic imine (C=N–C) groups is 4. The molecule has 0 fully saturated rings. The van der Waals surface area contributed by atoms with E-state index in [0.717, 1.165) is 0 Å². The molecule has 0 bridgehead atoms. The van der Waals surface area contributed by atoms with E-state index in [4.69, 9.17) is 0 Å². The van der Waals surface area contributed by atoms with Crippen molar-refractivity contribution in [3.8, 4) is 0 Å². The van der Waals surface area contributed by atoms with Gasteiger partial charge in [0.25, 0.3) is 0 Å². The summed E-state index contributed by atoms with van der Waals surface area (Å²) in [6, 6.07) is 0. The third kappa shape index (κ3) is 36.5. The number of nitrogens with zero attached hydrogens (tertiary/aromatic N) is 4. The zero-order valence-corrected chi connectivity index (χ0v) is 23.7. The smallest absolute Gasteiger partial charge is 0.876 e. The van der Waals surface area contributed by atoms with Gasteiger partial charge < -0.3 is 25.9 Å². The van der Waals surface area contributed by atoms with E-state index in [1.807, 2.05) is 0 Å². The summed E-state index contributed by atoms with van der Waals surface area (Å²) < 4.78 is 0. The summed E-state index contributed by atoms with van der Waals surface area (Å²) in [5.41, 5.74) is 2.82. The Morgan fingerprint density at radius 2 is 0.571 bits per heavy atom. The fourth-order valence-corrected chi connectivity index (χ4v) is 2.26. The Morgan fingerprint density at radius 1 is 0.429 bits per heavy atom. The molecule has 204 valence electrons. The molecule has 0 aromatic rings. The monoisotopic (exact) mass is 578 g/mol. The van der Waals surface area contributed by atoms with E-state index in [2.05, 4.69) is 20.0 Å². The summed E-state index contributed by atoms with van der Waals surface area (Å²) in [5.74, 6) is -0.0339. The quantitative estimate of drug-likeness (QED) is 0.154. The Bertz CT molecular complexity index is 676. The van der Waals surface area contributed by atoms with Gasteiger partial charge in [0.1, 0.15) is 0 Å². The van der Waals surface area contributed by atoms with Crippen LogP contribution in [0.4, 0.5) is 0 Å². The minimum Gasteiger partial charge on any atom is -0.876 e. The van der Waals surface area contributed by atoms with Crippen molar-refractivity contribution in [3.63, 3.8) is 0 Å². The van der Waals surface area contributed by atoms with Crippen LogP contribution in [0.15, 0.2) is 67.3 Å². The molecule has 35 heavy (non-hydrogen) atoms. The molecule has 0 spiro atoms. The Labute approximate surface area is 230 Å². The summed E-state index contributed by atoms with van der Waals surface area (Å²) in [4.78, 5) is 16.6. The molecule has 0 amide bonds. The van der Waals surface area contributed by atoms with Gasteiger partial charge in [0.05, 0.1) is 26.2 Å². The molecule has 0 unspecified atom stereocenters. The maximum atomic E-state index is 10.7. The minimum atomic E-state index is -0.00848. The predicted octanol–water partition coefficient (Wildman–Crippen LogP) is 0.0431. The predicted molar refractivity (Wildman–Crippen MR) is 131 cm³/mol. The molecule has 0 saturated carbocycles. The molecule has 0 atom stereocenters. The number of hydrogen-bond acceptors (Lipinski definition) is 8. The van der Waals surface area contributed by atoms with E-state index >= 15 is 0 Å². The molecule has 0 heterocycles. The van der Waals surface area contributed by atoms with Crippen LogP contribution in [0.3, 0.4) is 0 Å². The van der Waals surface area contributed by atoms with Crippen molar-refractivity contribution in [1.82, 2.24) is 0 Å². The normalized spacial score (nSPS) is 14.2. The van der Waals surface area contributed by atoms with Gasteiger partial charge in [-0.1, -0.05) is 52.0 Å². The zero-order chi connectivity index (χ0) is 25.1. The average Bonchev–Trinajstić information content (AvgIpc) is 2.60. The van der Waals surface area contributed by atoms with Gasteiger partial charge in [-0.2, -0.15) is 0 Å². The molecular formula is C24H38N4Ni2O5. The maximum absolute atomic E-state index is 10.7. The minimum absolute atomic E-state index is 0. The van der Waals surface area contributed by atoms with Crippen LogP contribution in [0.2, 0.25) is 0 Å². The summed E-state index contributed by atoms with van der Waals surface area (Å²) in [5, 5.41) is 42.8. The van der Waals surface area contributed by atoms with E-state index in [-0.39, 0.29) is 61.5 Å². The first-order chi connectivity index (χ1) is 14.8. The molecule has 0 aromatic carbocycles. The maximum Gasteiger partial charge on any atom is 2.00 e. The topological polar surface area (TPSA) is 173 Å². The number of hydrogen-bond donors (Lipinski definition) is 0. The van der Waals surface area contributed by atoms with Crippen molar-refractivity contribution in [2.24, 2.45) is 20.0 Å². The third-order valence-electron chi connectivity index (χ3n) is 3.29. The number of rotatable bonds is 10. The summed E-state index contributed by atoms with van der Waals surface area (Å²) in [6.07, 6.45) is 5.94. The Morgan fingerprint density at radius 3 is 0.686 bits per heavy atom. The largest absolute Gasteiger partial charge is 2.00 e. The van der Waals surface area contributed by atoms with Gasteiger partial charge in [-0.05, 0) is 27.7 Å². The molecule has 0 rings (SSSR count). The Kier molecular flexibility index (Phi) is 32.4. The van der Waals surface area contributed by atoms with E-state index in [0.29, 0.717) is 49.0 Å². The van der Waals surface area contributed by atoms with E-state index in [9.17, 15) is 20.4 Å². The summed E-state index contributed by atoms with van der Waals surface area (Å²) in [6.45, 7) is 15.2. The first-order valence-electron chi connectivity index (χ1n) is 10.3. The van der Waals surface area contributed by atoms with E-state index in [1.165, 1.54) is 52.0 Å². The Hall–Kier alpha value is -2.21. The van der Waals surface area contributed by atoms with Gasteiger partial charge in [0.2, 0.25) is 0 Å². The van der Waals surface area contributed by atoms with Crippen LogP contribution >= 0.6 is 0 Å². The molecule has 0 aliphatic rings. The summed E-state index contributed by atoms with van der Waals surface area (Å²) >= 11 is 0. The molecular weight excluding hydrogens is 542 g/mol. The Balaban J connectivity index is -0.000000158. The second kappa shape index (κ2) is 26.4. The second-order valence-corrected chi connectivity index (χ2v) is 7.11. The van der Waals surface area contributed by atoms with Crippen LogP contribution in [0.25, 0.3) is 0 Å².